The maximum atomic E-state index is 14.3. The number of benzene rings is 2. The summed E-state index contributed by atoms with van der Waals surface area (Å²) in [6, 6.07) is 13.0. The molecule has 13 nitrogen and oxygen atoms in total. The molecule has 0 fully saturated rings. The van der Waals surface area contributed by atoms with Gasteiger partial charge in [-0.15, -0.1) is 0 Å². The maximum Gasteiger partial charge on any atom is 0.419 e. The van der Waals surface area contributed by atoms with E-state index in [1.54, 1.807) is 78.0 Å². The van der Waals surface area contributed by atoms with E-state index in [-0.39, 0.29) is 42.5 Å². The summed E-state index contributed by atoms with van der Waals surface area (Å²) >= 11 is 0. The second-order valence-corrected chi connectivity index (χ2v) is 13.8. The van der Waals surface area contributed by atoms with Crippen LogP contribution in [0.4, 0.5) is 24.1 Å². The number of carbonyl (C=O) groups excluding carboxylic acids is 4. The van der Waals surface area contributed by atoms with Crippen molar-refractivity contribution in [2.75, 3.05) is 5.32 Å². The largest absolute Gasteiger partial charge is 0.487 e. The molecule has 15 heteroatoms. The number of fused-ring (bicyclic) bond motifs is 1. The number of anilines is 1. The molecule has 0 atom stereocenters. The average molecular weight is 738 g/mol. The Bertz CT molecular complexity index is 2040. The van der Waals surface area contributed by atoms with Gasteiger partial charge in [-0.25, -0.2) is 22.9 Å². The monoisotopic (exact) mass is 737 g/mol. The molecule has 284 valence electrons. The summed E-state index contributed by atoms with van der Waals surface area (Å²) in [6.45, 7) is 10.1. The van der Waals surface area contributed by atoms with Gasteiger partial charge in [0.05, 0.1) is 12.2 Å². The maximum absolute atomic E-state index is 14.3. The van der Waals surface area contributed by atoms with Gasteiger partial charge in [-0.3, -0.25) is 14.4 Å². The molecule has 4 rings (SSSR count). The normalized spacial score (nSPS) is 11.5. The van der Waals surface area contributed by atoms with Gasteiger partial charge in [0.15, 0.2) is 0 Å². The average Bonchev–Trinajstić information content (AvgIpc) is 3.39. The van der Waals surface area contributed by atoms with Gasteiger partial charge in [0.25, 0.3) is 5.56 Å². The van der Waals surface area contributed by atoms with Gasteiger partial charge in [-0.2, -0.15) is 0 Å². The van der Waals surface area contributed by atoms with Crippen LogP contribution in [0.25, 0.3) is 10.9 Å². The van der Waals surface area contributed by atoms with Gasteiger partial charge in [-0.05, 0) is 96.9 Å². The van der Waals surface area contributed by atoms with Crippen LogP contribution in [0.2, 0.25) is 0 Å². The van der Waals surface area contributed by atoms with Crippen molar-refractivity contribution in [3.8, 4) is 5.75 Å². The van der Waals surface area contributed by atoms with Crippen molar-refractivity contribution in [1.29, 1.82) is 0 Å². The third-order valence-corrected chi connectivity index (χ3v) is 6.93. The van der Waals surface area contributed by atoms with Crippen molar-refractivity contribution >= 4 is 40.6 Å². The Morgan fingerprint density at radius 3 is 2.21 bits per heavy atom. The lowest BCUT2D eigenvalue weighted by Gasteiger charge is -2.21. The third-order valence-electron chi connectivity index (χ3n) is 6.93. The highest BCUT2D eigenvalue weighted by atomic mass is 19.1. The van der Waals surface area contributed by atoms with Gasteiger partial charge in [0.1, 0.15) is 46.4 Å². The summed E-state index contributed by atoms with van der Waals surface area (Å²) in [5.41, 5.74) is 8.87. The van der Waals surface area contributed by atoms with Crippen LogP contribution >= 0.6 is 0 Å². The summed E-state index contributed by atoms with van der Waals surface area (Å²) in [5.74, 6) is -2.18. The highest BCUT2D eigenvalue weighted by Crippen LogP contribution is 2.31. The first kappa shape index (κ1) is 41.4. The Morgan fingerprint density at radius 1 is 0.906 bits per heavy atom. The fourth-order valence-corrected chi connectivity index (χ4v) is 4.85. The molecule has 53 heavy (non-hydrogen) atoms. The molecule has 2 aromatic heterocycles. The zero-order valence-electron chi connectivity index (χ0n) is 30.5. The lowest BCUT2D eigenvalue weighted by Crippen LogP contribution is -2.30. The fraction of sp³-hybridized carbons (Fsp3) is 0.342. The number of carbonyl (C=O) groups is 4. The van der Waals surface area contributed by atoms with Gasteiger partial charge < -0.3 is 35.6 Å². The van der Waals surface area contributed by atoms with Crippen LogP contribution in [0.3, 0.4) is 0 Å². The Labute approximate surface area is 305 Å². The highest BCUT2D eigenvalue weighted by Gasteiger charge is 2.25. The van der Waals surface area contributed by atoms with Gasteiger partial charge in [-0.1, -0.05) is 18.2 Å². The van der Waals surface area contributed by atoms with E-state index >= 15 is 0 Å². The van der Waals surface area contributed by atoms with E-state index < -0.39 is 46.5 Å². The smallest absolute Gasteiger partial charge is 0.419 e. The number of nitrogens with one attached hydrogen (secondary N) is 1. The lowest BCUT2D eigenvalue weighted by atomic mass is 10.2. The van der Waals surface area contributed by atoms with Crippen LogP contribution < -0.4 is 27.1 Å². The number of nitrogens with zero attached hydrogens (tertiary/aromatic N) is 2. The van der Waals surface area contributed by atoms with Crippen LogP contribution in [-0.4, -0.2) is 44.3 Å². The molecule has 0 saturated carbocycles. The number of unbranched alkanes of at least 4 members (excludes halogenated alkanes) is 1. The number of para-hydroxylation sites is 1. The number of aromatic nitrogens is 2. The second-order valence-electron chi connectivity index (χ2n) is 13.8. The highest BCUT2D eigenvalue weighted by molar-refractivity contribution is 5.95. The predicted molar refractivity (Wildman–Crippen MR) is 195 cm³/mol. The van der Waals surface area contributed by atoms with Crippen LogP contribution in [0.15, 0.2) is 77.7 Å². The van der Waals surface area contributed by atoms with Gasteiger partial charge >= 0.3 is 12.2 Å². The number of amides is 3. The van der Waals surface area contributed by atoms with Gasteiger partial charge in [0, 0.05) is 29.6 Å². The molecule has 0 aliphatic rings. The minimum Gasteiger partial charge on any atom is -0.487 e. The molecule has 0 radical (unpaired) electrons. The third kappa shape index (κ3) is 13.3. The van der Waals surface area contributed by atoms with Crippen molar-refractivity contribution in [1.82, 2.24) is 9.13 Å². The summed E-state index contributed by atoms with van der Waals surface area (Å²) in [5, 5.41) is 3.21. The summed E-state index contributed by atoms with van der Waals surface area (Å²) in [6.07, 6.45) is 3.92. The first-order valence-corrected chi connectivity index (χ1v) is 16.6. The quantitative estimate of drug-likeness (QED) is 0.115. The van der Waals surface area contributed by atoms with Crippen LogP contribution in [0, 0.1) is 11.6 Å². The van der Waals surface area contributed by atoms with Crippen LogP contribution in [-0.2, 0) is 32.2 Å². The Kier molecular flexibility index (Phi) is 14.1. The van der Waals surface area contributed by atoms with E-state index in [1.807, 2.05) is 0 Å². The van der Waals surface area contributed by atoms with Crippen molar-refractivity contribution < 1.29 is 42.2 Å². The van der Waals surface area contributed by atoms with E-state index in [1.165, 1.54) is 33.5 Å². The molecule has 3 amide bonds. The molecule has 2 aromatic carbocycles. The minimum atomic E-state index is -0.853. The van der Waals surface area contributed by atoms with Crippen LogP contribution in [0.5, 0.6) is 5.75 Å². The molecule has 5 N–H and O–H groups in total. The molecule has 0 aliphatic heterocycles. The minimum absolute atomic E-state index is 0.0560. The molecule has 0 unspecified atom stereocenters. The summed E-state index contributed by atoms with van der Waals surface area (Å²) in [4.78, 5) is 60.2. The second kappa shape index (κ2) is 18.0. The Morgan fingerprint density at radius 2 is 1.60 bits per heavy atom. The van der Waals surface area contributed by atoms with E-state index in [0.717, 1.165) is 12.1 Å². The zero-order chi connectivity index (χ0) is 39.5. The molecule has 2 heterocycles. The van der Waals surface area contributed by atoms with Crippen molar-refractivity contribution in [3.63, 3.8) is 0 Å². The molecular weight excluding hydrogens is 692 g/mol. The van der Waals surface area contributed by atoms with Crippen molar-refractivity contribution in [2.45, 2.75) is 85.2 Å². The number of ether oxygens (including phenoxy) is 3. The number of nitrogens with two attached hydrogens (primary N) is 2. The number of hydrogen-bond acceptors (Lipinski definition) is 8. The Hall–Kier alpha value is -5.99. The number of primary amides is 2. The first-order chi connectivity index (χ1) is 24.7. The van der Waals surface area contributed by atoms with E-state index in [0.29, 0.717) is 29.4 Å². The summed E-state index contributed by atoms with van der Waals surface area (Å²) in [7, 11) is 0. The molecule has 0 aliphatic carbocycles. The molecule has 0 bridgehead atoms. The van der Waals surface area contributed by atoms with Gasteiger partial charge in [0.2, 0.25) is 11.8 Å². The first-order valence-electron chi connectivity index (χ1n) is 16.6. The van der Waals surface area contributed by atoms with E-state index in [4.69, 9.17) is 20.9 Å². The molecule has 0 saturated heterocycles. The SMILES string of the molecule is CC(C)(C)OC(=O)n1c(Cn2cccc(NC(=O)CCC/C=C/C(N)=O)c2=O)cc2cccc(OCc3ccc(F)cc3F)c21.CC(C)(C)OC(N)=O. The summed E-state index contributed by atoms with van der Waals surface area (Å²) < 4.78 is 46.5. The lowest BCUT2D eigenvalue weighted by molar-refractivity contribution is -0.116. The zero-order valence-corrected chi connectivity index (χ0v) is 30.5. The topological polar surface area (TPSA) is 187 Å². The Balaban J connectivity index is 0.000000846. The number of hydrogen-bond donors (Lipinski definition) is 3. The molecule has 0 spiro atoms. The standard InChI is InChI=1S/C33H34F2N4O6.C5H11NO2/c1-33(2,3)45-32(43)39-24(17-21-9-7-11-27(30(21)39)44-20-22-14-15-23(34)18-25(22)35)19-38-16-8-10-26(31(38)42)37-29(41)13-6-4-5-12-28(36)40;1-5(2,3)8-4(6)7/h5,7-12,14-18H,4,6,13,19-20H2,1-3H3,(H2,36,40)(H,37,41);1-3H3,(H2,6,7)/b12-5+;. The molecule has 4 aromatic rings. The predicted octanol–water partition coefficient (Wildman–Crippen LogP) is 6.52. The van der Waals surface area contributed by atoms with E-state index in [9.17, 15) is 32.8 Å². The van der Waals surface area contributed by atoms with Crippen molar-refractivity contribution in [2.24, 2.45) is 11.5 Å². The van der Waals surface area contributed by atoms with E-state index in [2.05, 4.69) is 10.1 Å². The number of halogens is 2. The van der Waals surface area contributed by atoms with Crippen LogP contribution in [0.1, 0.15) is 72.1 Å². The number of rotatable bonds is 11. The number of pyridine rings is 1. The molecular formula is C38H45F2N5O8. The fourth-order valence-electron chi connectivity index (χ4n) is 4.85. The van der Waals surface area contributed by atoms with Crippen molar-refractivity contribution in [3.05, 3.63) is 106 Å². The number of allylic oxidation sites excluding steroid dienone is 1.